The van der Waals surface area contributed by atoms with Gasteiger partial charge in [0.1, 0.15) is 0 Å². The maximum Gasteiger partial charge on any atom is 0.0223 e. The lowest BCUT2D eigenvalue weighted by Crippen LogP contribution is -2.49. The van der Waals surface area contributed by atoms with E-state index in [1.165, 1.54) is 58.3 Å². The van der Waals surface area contributed by atoms with Gasteiger partial charge in [-0.1, -0.05) is 19.8 Å². The zero-order chi connectivity index (χ0) is 13.7. The number of nitrogens with one attached hydrogen (secondary N) is 1. The van der Waals surface area contributed by atoms with Gasteiger partial charge in [-0.15, -0.1) is 0 Å². The molecule has 1 saturated carbocycles. The number of rotatable bonds is 5. The van der Waals surface area contributed by atoms with E-state index in [9.17, 15) is 0 Å². The minimum Gasteiger partial charge on any atom is -0.313 e. The summed E-state index contributed by atoms with van der Waals surface area (Å²) in [5, 5.41) is 3.77. The van der Waals surface area contributed by atoms with Crippen LogP contribution in [0.15, 0.2) is 0 Å². The first-order valence-corrected chi connectivity index (χ1v) is 8.36. The highest BCUT2D eigenvalue weighted by atomic mass is 15.2. The van der Waals surface area contributed by atoms with Crippen molar-refractivity contribution in [2.75, 3.05) is 39.8 Å². The predicted octanol–water partition coefficient (Wildman–Crippen LogP) is 2.18. The Hall–Kier alpha value is -0.120. The Morgan fingerprint density at radius 1 is 1.16 bits per heavy atom. The molecule has 0 aromatic rings. The van der Waals surface area contributed by atoms with Crippen molar-refractivity contribution in [2.45, 2.75) is 58.0 Å². The fourth-order valence-electron chi connectivity index (χ4n) is 3.95. The largest absolute Gasteiger partial charge is 0.313 e. The summed E-state index contributed by atoms with van der Waals surface area (Å²) in [4.78, 5) is 5.22. The first-order valence-electron chi connectivity index (χ1n) is 8.36. The van der Waals surface area contributed by atoms with Crippen molar-refractivity contribution < 1.29 is 0 Å². The standard InChI is InChI=1S/C16H33N3/c1-4-17-16(15-8-5-6-9-15)13-19-11-7-10-18(3)12-14(19)2/h14-17H,4-13H2,1-3H3. The van der Waals surface area contributed by atoms with E-state index in [1.54, 1.807) is 0 Å². The summed E-state index contributed by atoms with van der Waals surface area (Å²) in [6, 6.07) is 1.42. The molecule has 1 N–H and O–H groups in total. The second kappa shape index (κ2) is 7.61. The molecule has 0 amide bonds. The number of nitrogens with zero attached hydrogens (tertiary/aromatic N) is 2. The molecule has 112 valence electrons. The Balaban J connectivity index is 1.91. The SMILES string of the molecule is CCNC(CN1CCCN(C)CC1C)C1CCCC1. The van der Waals surface area contributed by atoms with Crippen molar-refractivity contribution in [2.24, 2.45) is 5.92 Å². The van der Waals surface area contributed by atoms with Crippen molar-refractivity contribution >= 4 is 0 Å². The molecule has 0 aromatic heterocycles. The molecule has 0 radical (unpaired) electrons. The predicted molar refractivity (Wildman–Crippen MR) is 82.6 cm³/mol. The molecule has 1 aliphatic carbocycles. The van der Waals surface area contributed by atoms with Crippen LogP contribution in [0.4, 0.5) is 0 Å². The van der Waals surface area contributed by atoms with E-state index in [1.807, 2.05) is 0 Å². The van der Waals surface area contributed by atoms with Gasteiger partial charge in [0.05, 0.1) is 0 Å². The normalized spacial score (nSPS) is 29.5. The van der Waals surface area contributed by atoms with Gasteiger partial charge >= 0.3 is 0 Å². The lowest BCUT2D eigenvalue weighted by molar-refractivity contribution is 0.163. The number of hydrogen-bond donors (Lipinski definition) is 1. The second-order valence-electron chi connectivity index (χ2n) is 6.67. The topological polar surface area (TPSA) is 18.5 Å². The third kappa shape index (κ3) is 4.44. The molecular weight excluding hydrogens is 234 g/mol. The van der Waals surface area contributed by atoms with E-state index in [0.717, 1.165) is 18.5 Å². The molecule has 0 spiro atoms. The van der Waals surface area contributed by atoms with Crippen molar-refractivity contribution in [1.82, 2.24) is 15.1 Å². The van der Waals surface area contributed by atoms with Crippen LogP contribution in [0.3, 0.4) is 0 Å². The maximum atomic E-state index is 3.77. The summed E-state index contributed by atoms with van der Waals surface area (Å²) in [7, 11) is 2.26. The van der Waals surface area contributed by atoms with Crippen molar-refractivity contribution in [3.63, 3.8) is 0 Å². The number of likely N-dealkylation sites (N-methyl/N-ethyl adjacent to an activating group) is 2. The highest BCUT2D eigenvalue weighted by Crippen LogP contribution is 2.28. The van der Waals surface area contributed by atoms with Crippen LogP contribution in [-0.4, -0.2) is 61.7 Å². The molecule has 2 rings (SSSR count). The molecule has 2 unspecified atom stereocenters. The molecule has 2 aliphatic rings. The van der Waals surface area contributed by atoms with E-state index in [-0.39, 0.29) is 0 Å². The summed E-state index contributed by atoms with van der Waals surface area (Å²) in [6.07, 6.45) is 7.11. The van der Waals surface area contributed by atoms with E-state index in [4.69, 9.17) is 0 Å². The monoisotopic (exact) mass is 267 g/mol. The summed E-state index contributed by atoms with van der Waals surface area (Å²) < 4.78 is 0. The quantitative estimate of drug-likeness (QED) is 0.824. The van der Waals surface area contributed by atoms with Crippen molar-refractivity contribution in [1.29, 1.82) is 0 Å². The molecule has 1 heterocycles. The van der Waals surface area contributed by atoms with Crippen molar-refractivity contribution in [3.8, 4) is 0 Å². The van der Waals surface area contributed by atoms with Gasteiger partial charge in [0.2, 0.25) is 0 Å². The van der Waals surface area contributed by atoms with Crippen LogP contribution in [-0.2, 0) is 0 Å². The molecule has 0 aromatic carbocycles. The summed E-state index contributed by atoms with van der Waals surface area (Å²) >= 11 is 0. The van der Waals surface area contributed by atoms with E-state index in [0.29, 0.717) is 6.04 Å². The zero-order valence-electron chi connectivity index (χ0n) is 13.2. The minimum atomic E-state index is 0.704. The summed E-state index contributed by atoms with van der Waals surface area (Å²) in [6.45, 7) is 10.8. The van der Waals surface area contributed by atoms with Gasteiger partial charge in [0.15, 0.2) is 0 Å². The van der Waals surface area contributed by atoms with Crippen molar-refractivity contribution in [3.05, 3.63) is 0 Å². The molecule has 1 aliphatic heterocycles. The Kier molecular flexibility index (Phi) is 6.11. The fourth-order valence-corrected chi connectivity index (χ4v) is 3.95. The van der Waals surface area contributed by atoms with Crippen LogP contribution < -0.4 is 5.32 Å². The first-order chi connectivity index (χ1) is 9.20. The van der Waals surface area contributed by atoms with E-state index in [2.05, 4.69) is 36.0 Å². The van der Waals surface area contributed by atoms with Crippen LogP contribution >= 0.6 is 0 Å². The highest BCUT2D eigenvalue weighted by molar-refractivity contribution is 4.86. The third-order valence-corrected chi connectivity index (χ3v) is 5.05. The molecule has 1 saturated heterocycles. The summed E-state index contributed by atoms with van der Waals surface area (Å²) in [5.74, 6) is 0.924. The number of hydrogen-bond acceptors (Lipinski definition) is 3. The lowest BCUT2D eigenvalue weighted by Gasteiger charge is -2.34. The van der Waals surface area contributed by atoms with Gasteiger partial charge in [-0.2, -0.15) is 0 Å². The van der Waals surface area contributed by atoms with Crippen LogP contribution in [0, 0.1) is 5.92 Å². The zero-order valence-corrected chi connectivity index (χ0v) is 13.2. The highest BCUT2D eigenvalue weighted by Gasteiger charge is 2.28. The first kappa shape index (κ1) is 15.3. The molecule has 19 heavy (non-hydrogen) atoms. The van der Waals surface area contributed by atoms with Crippen LogP contribution in [0.5, 0.6) is 0 Å². The molecule has 2 atom stereocenters. The van der Waals surface area contributed by atoms with Gasteiger partial charge < -0.3 is 10.2 Å². The molecule has 0 bridgehead atoms. The maximum absolute atomic E-state index is 3.77. The van der Waals surface area contributed by atoms with Gasteiger partial charge in [-0.3, -0.25) is 4.90 Å². The van der Waals surface area contributed by atoms with Crippen LogP contribution in [0.1, 0.15) is 46.0 Å². The van der Waals surface area contributed by atoms with E-state index >= 15 is 0 Å². The second-order valence-corrected chi connectivity index (χ2v) is 6.67. The molecule has 3 heteroatoms. The Morgan fingerprint density at radius 2 is 1.89 bits per heavy atom. The third-order valence-electron chi connectivity index (χ3n) is 5.05. The average molecular weight is 267 g/mol. The van der Waals surface area contributed by atoms with Crippen LogP contribution in [0.2, 0.25) is 0 Å². The molecular formula is C16H33N3. The van der Waals surface area contributed by atoms with Gasteiger partial charge in [-0.25, -0.2) is 0 Å². The molecule has 2 fully saturated rings. The van der Waals surface area contributed by atoms with E-state index < -0.39 is 0 Å². The Labute approximate surface area is 119 Å². The summed E-state index contributed by atoms with van der Waals surface area (Å²) in [5.41, 5.74) is 0. The smallest absolute Gasteiger partial charge is 0.0223 e. The lowest BCUT2D eigenvalue weighted by atomic mass is 9.97. The Bertz CT molecular complexity index is 250. The van der Waals surface area contributed by atoms with Gasteiger partial charge in [0, 0.05) is 25.2 Å². The Morgan fingerprint density at radius 3 is 2.58 bits per heavy atom. The minimum absolute atomic E-state index is 0.704. The fraction of sp³-hybridized carbons (Fsp3) is 1.00. The average Bonchev–Trinajstić information content (AvgIpc) is 2.85. The molecule has 3 nitrogen and oxygen atoms in total. The van der Waals surface area contributed by atoms with Crippen LogP contribution in [0.25, 0.3) is 0 Å². The van der Waals surface area contributed by atoms with Gasteiger partial charge in [0.25, 0.3) is 0 Å². The van der Waals surface area contributed by atoms with Gasteiger partial charge in [-0.05, 0) is 58.8 Å².